The molecule has 1 aliphatic rings. The highest BCUT2D eigenvalue weighted by atomic mass is 127. The largest absolute Gasteiger partial charge is 0.358 e. The summed E-state index contributed by atoms with van der Waals surface area (Å²) >= 11 is 0. The summed E-state index contributed by atoms with van der Waals surface area (Å²) in [5.41, 5.74) is 3.89. The minimum absolute atomic E-state index is 0. The zero-order valence-corrected chi connectivity index (χ0v) is 14.0. The lowest BCUT2D eigenvalue weighted by molar-refractivity contribution is 0.700. The van der Waals surface area contributed by atoms with Crippen molar-refractivity contribution in [3.05, 3.63) is 35.5 Å². The molecule has 2 heterocycles. The molecule has 0 saturated carbocycles. The van der Waals surface area contributed by atoms with Gasteiger partial charge in [-0.2, -0.15) is 0 Å². The number of aromatic amines is 1. The summed E-state index contributed by atoms with van der Waals surface area (Å²) in [6, 6.07) is 8.48. The van der Waals surface area contributed by atoms with Crippen molar-refractivity contribution in [2.24, 2.45) is 4.99 Å². The fourth-order valence-electron chi connectivity index (χ4n) is 2.61. The zero-order chi connectivity index (χ0) is 13.1. The SMILES string of the molecule is Cc1[nH]c2ccccc2c1CCNC1=NCCCN1.I. The summed E-state index contributed by atoms with van der Waals surface area (Å²) in [6.07, 6.45) is 2.14. The molecule has 20 heavy (non-hydrogen) atoms. The number of aryl methyl sites for hydroxylation is 1. The lowest BCUT2D eigenvalue weighted by Crippen LogP contribution is -2.41. The van der Waals surface area contributed by atoms with Gasteiger partial charge < -0.3 is 15.6 Å². The van der Waals surface area contributed by atoms with E-state index in [9.17, 15) is 0 Å². The molecule has 0 fully saturated rings. The quantitative estimate of drug-likeness (QED) is 0.713. The van der Waals surface area contributed by atoms with Crippen LogP contribution in [-0.4, -0.2) is 30.6 Å². The standard InChI is InChI=1S/C15H20N4.HI/c1-11-12(13-5-2-3-6-14(13)19-11)7-10-18-15-16-8-4-9-17-15;/h2-3,5-6,19H,4,7-10H2,1H3,(H2,16,17,18);1H. The summed E-state index contributed by atoms with van der Waals surface area (Å²) < 4.78 is 0. The van der Waals surface area contributed by atoms with E-state index in [1.165, 1.54) is 22.2 Å². The first-order chi connectivity index (χ1) is 9.34. The highest BCUT2D eigenvalue weighted by molar-refractivity contribution is 14.0. The second kappa shape index (κ2) is 6.97. The predicted octanol–water partition coefficient (Wildman–Crippen LogP) is 2.58. The molecule has 3 N–H and O–H groups in total. The number of fused-ring (bicyclic) bond motifs is 1. The number of guanidine groups is 1. The number of aliphatic imine (C=N–C) groups is 1. The number of benzene rings is 1. The molecule has 3 rings (SSSR count). The average molecular weight is 384 g/mol. The van der Waals surface area contributed by atoms with E-state index in [1.807, 2.05) is 0 Å². The van der Waals surface area contributed by atoms with Crippen molar-refractivity contribution in [2.75, 3.05) is 19.6 Å². The number of para-hydroxylation sites is 1. The molecule has 2 aromatic rings. The van der Waals surface area contributed by atoms with Crippen molar-refractivity contribution in [3.8, 4) is 0 Å². The molecule has 0 spiro atoms. The Morgan fingerprint density at radius 3 is 2.95 bits per heavy atom. The normalized spacial score (nSPS) is 14.3. The van der Waals surface area contributed by atoms with Crippen LogP contribution in [0.1, 0.15) is 17.7 Å². The third kappa shape index (κ3) is 3.26. The topological polar surface area (TPSA) is 52.2 Å². The van der Waals surface area contributed by atoms with Crippen molar-refractivity contribution in [2.45, 2.75) is 19.8 Å². The van der Waals surface area contributed by atoms with Crippen LogP contribution in [0.15, 0.2) is 29.3 Å². The molecule has 0 aliphatic carbocycles. The number of aromatic nitrogens is 1. The molecule has 108 valence electrons. The highest BCUT2D eigenvalue weighted by Crippen LogP contribution is 2.21. The zero-order valence-electron chi connectivity index (χ0n) is 11.7. The van der Waals surface area contributed by atoms with Crippen LogP contribution in [0.2, 0.25) is 0 Å². The second-order valence-electron chi connectivity index (χ2n) is 4.96. The van der Waals surface area contributed by atoms with E-state index >= 15 is 0 Å². The fourth-order valence-corrected chi connectivity index (χ4v) is 2.61. The van der Waals surface area contributed by atoms with Crippen LogP contribution in [-0.2, 0) is 6.42 Å². The number of halogens is 1. The second-order valence-corrected chi connectivity index (χ2v) is 4.96. The van der Waals surface area contributed by atoms with Crippen molar-refractivity contribution in [3.63, 3.8) is 0 Å². The number of hydrogen-bond donors (Lipinski definition) is 3. The first-order valence-corrected chi connectivity index (χ1v) is 6.93. The van der Waals surface area contributed by atoms with Crippen molar-refractivity contribution in [1.29, 1.82) is 0 Å². The number of rotatable bonds is 3. The third-order valence-electron chi connectivity index (χ3n) is 3.59. The molecule has 0 amide bonds. The van der Waals surface area contributed by atoms with E-state index in [0.717, 1.165) is 38.4 Å². The predicted molar refractivity (Wildman–Crippen MR) is 95.1 cm³/mol. The summed E-state index contributed by atoms with van der Waals surface area (Å²) in [6.45, 7) is 5.01. The lowest BCUT2D eigenvalue weighted by atomic mass is 10.1. The van der Waals surface area contributed by atoms with E-state index in [2.05, 4.69) is 51.8 Å². The first kappa shape index (κ1) is 15.2. The summed E-state index contributed by atoms with van der Waals surface area (Å²) in [5.74, 6) is 0.948. The molecule has 0 atom stereocenters. The van der Waals surface area contributed by atoms with E-state index in [4.69, 9.17) is 0 Å². The third-order valence-corrected chi connectivity index (χ3v) is 3.59. The summed E-state index contributed by atoms with van der Waals surface area (Å²) in [4.78, 5) is 7.86. The van der Waals surface area contributed by atoms with E-state index in [-0.39, 0.29) is 24.0 Å². The number of H-pyrrole nitrogens is 1. The van der Waals surface area contributed by atoms with Crippen molar-refractivity contribution >= 4 is 40.8 Å². The summed E-state index contributed by atoms with van der Waals surface area (Å²) in [7, 11) is 0. The molecule has 5 heteroatoms. The maximum atomic E-state index is 4.42. The minimum atomic E-state index is 0. The van der Waals surface area contributed by atoms with E-state index < -0.39 is 0 Å². The van der Waals surface area contributed by atoms with Gasteiger partial charge in [0.1, 0.15) is 0 Å². The molecule has 0 radical (unpaired) electrons. The average Bonchev–Trinajstić information content (AvgIpc) is 2.76. The molecule has 1 aromatic carbocycles. The molecule has 0 bridgehead atoms. The van der Waals surface area contributed by atoms with Crippen LogP contribution in [0.3, 0.4) is 0 Å². The van der Waals surface area contributed by atoms with Gasteiger partial charge in [0.05, 0.1) is 0 Å². The van der Waals surface area contributed by atoms with Crippen molar-refractivity contribution in [1.82, 2.24) is 15.6 Å². The maximum Gasteiger partial charge on any atom is 0.191 e. The number of hydrogen-bond acceptors (Lipinski definition) is 3. The molecule has 1 aliphatic heterocycles. The van der Waals surface area contributed by atoms with Crippen LogP contribution in [0.25, 0.3) is 10.9 Å². The van der Waals surface area contributed by atoms with Crippen LogP contribution in [0, 0.1) is 6.92 Å². The Morgan fingerprint density at radius 1 is 1.30 bits per heavy atom. The molecular weight excluding hydrogens is 363 g/mol. The van der Waals surface area contributed by atoms with Gasteiger partial charge in [0.15, 0.2) is 5.96 Å². The molecule has 4 nitrogen and oxygen atoms in total. The Hall–Kier alpha value is -1.24. The summed E-state index contributed by atoms with van der Waals surface area (Å²) in [5, 5.41) is 7.99. The van der Waals surface area contributed by atoms with E-state index in [1.54, 1.807) is 0 Å². The molecule has 0 unspecified atom stereocenters. The van der Waals surface area contributed by atoms with Crippen LogP contribution < -0.4 is 10.6 Å². The van der Waals surface area contributed by atoms with Crippen molar-refractivity contribution < 1.29 is 0 Å². The Labute approximate surface area is 136 Å². The molecular formula is C15H21IN4. The number of nitrogens with one attached hydrogen (secondary N) is 3. The smallest absolute Gasteiger partial charge is 0.191 e. The van der Waals surface area contributed by atoms with Gasteiger partial charge in [-0.15, -0.1) is 24.0 Å². The van der Waals surface area contributed by atoms with Gasteiger partial charge >= 0.3 is 0 Å². The van der Waals surface area contributed by atoms with Gasteiger partial charge in [-0.25, -0.2) is 0 Å². The van der Waals surface area contributed by atoms with Gasteiger partial charge in [0.25, 0.3) is 0 Å². The van der Waals surface area contributed by atoms with Gasteiger partial charge in [-0.05, 0) is 31.4 Å². The number of nitrogens with zero attached hydrogens (tertiary/aromatic N) is 1. The highest BCUT2D eigenvalue weighted by Gasteiger charge is 2.08. The Bertz CT molecular complexity index is 603. The van der Waals surface area contributed by atoms with Gasteiger partial charge in [0.2, 0.25) is 0 Å². The Kier molecular flexibility index (Phi) is 5.28. The monoisotopic (exact) mass is 384 g/mol. The van der Waals surface area contributed by atoms with Gasteiger partial charge in [0, 0.05) is 36.2 Å². The van der Waals surface area contributed by atoms with E-state index in [0.29, 0.717) is 0 Å². The van der Waals surface area contributed by atoms with Crippen LogP contribution in [0.5, 0.6) is 0 Å². The van der Waals surface area contributed by atoms with Crippen LogP contribution in [0.4, 0.5) is 0 Å². The maximum absolute atomic E-state index is 4.42. The van der Waals surface area contributed by atoms with Gasteiger partial charge in [-0.1, -0.05) is 18.2 Å². The fraction of sp³-hybridized carbons (Fsp3) is 0.400. The molecule has 1 aromatic heterocycles. The van der Waals surface area contributed by atoms with Crippen LogP contribution >= 0.6 is 24.0 Å². The minimum Gasteiger partial charge on any atom is -0.358 e. The Morgan fingerprint density at radius 2 is 2.15 bits per heavy atom. The van der Waals surface area contributed by atoms with Gasteiger partial charge in [-0.3, -0.25) is 4.99 Å². The lowest BCUT2D eigenvalue weighted by Gasteiger charge is -2.15. The Balaban J connectivity index is 0.00000147. The first-order valence-electron chi connectivity index (χ1n) is 6.93. The molecule has 0 saturated heterocycles.